The zero-order valence-electron chi connectivity index (χ0n) is 13.6. The molecular weight excluding hydrogens is 298 g/mol. The molecule has 0 amide bonds. The van der Waals surface area contributed by atoms with Crippen molar-refractivity contribution < 1.29 is 23.9 Å². The molecule has 1 aromatic rings. The largest absolute Gasteiger partial charge is 0.496 e. The van der Waals surface area contributed by atoms with Crippen LogP contribution >= 0.6 is 0 Å². The molecule has 2 aliphatic heterocycles. The summed E-state index contributed by atoms with van der Waals surface area (Å²) in [7, 11) is 3.13. The Balaban J connectivity index is 1.92. The molecule has 0 bridgehead atoms. The van der Waals surface area contributed by atoms with E-state index in [1.807, 2.05) is 19.1 Å². The van der Waals surface area contributed by atoms with Crippen molar-refractivity contribution in [2.75, 3.05) is 27.3 Å². The maximum Gasteiger partial charge on any atom is 0.322 e. The summed E-state index contributed by atoms with van der Waals surface area (Å²) in [6.07, 6.45) is 0.909. The van der Waals surface area contributed by atoms with Gasteiger partial charge in [-0.3, -0.25) is 9.59 Å². The Bertz CT molecular complexity index is 634. The number of aryl methyl sites for hydroxylation is 1. The molecule has 2 saturated heterocycles. The first-order chi connectivity index (χ1) is 11.0. The van der Waals surface area contributed by atoms with Gasteiger partial charge in [0.05, 0.1) is 14.2 Å². The fourth-order valence-corrected chi connectivity index (χ4v) is 3.40. The van der Waals surface area contributed by atoms with Crippen LogP contribution in [-0.4, -0.2) is 49.7 Å². The summed E-state index contributed by atoms with van der Waals surface area (Å²) in [6.45, 7) is 3.04. The van der Waals surface area contributed by atoms with E-state index in [0.29, 0.717) is 37.2 Å². The summed E-state index contributed by atoms with van der Waals surface area (Å²) in [6, 6.07) is 5.50. The maximum atomic E-state index is 13.0. The number of Topliss-reactive ketones (excluding diaryl/α,β-unsaturated/α-hetero) is 1. The molecule has 1 spiro atoms. The highest BCUT2D eigenvalue weighted by Gasteiger charge is 2.57. The van der Waals surface area contributed by atoms with Crippen LogP contribution in [0.4, 0.5) is 0 Å². The van der Waals surface area contributed by atoms with Gasteiger partial charge in [0.25, 0.3) is 0 Å². The van der Waals surface area contributed by atoms with Gasteiger partial charge in [0.2, 0.25) is 0 Å². The summed E-state index contributed by atoms with van der Waals surface area (Å²) in [5.41, 5.74) is 0.538. The number of esters is 1. The van der Waals surface area contributed by atoms with Gasteiger partial charge in [0.15, 0.2) is 11.4 Å². The van der Waals surface area contributed by atoms with Gasteiger partial charge in [0.1, 0.15) is 11.7 Å². The van der Waals surface area contributed by atoms with Crippen molar-refractivity contribution in [2.24, 2.45) is 0 Å². The van der Waals surface area contributed by atoms with E-state index in [-0.39, 0.29) is 5.78 Å². The highest BCUT2D eigenvalue weighted by atomic mass is 16.7. The third kappa shape index (κ3) is 2.62. The van der Waals surface area contributed by atoms with Gasteiger partial charge in [-0.2, -0.15) is 5.06 Å². The molecule has 0 saturated carbocycles. The van der Waals surface area contributed by atoms with Crippen LogP contribution in [-0.2, 0) is 19.2 Å². The molecule has 0 N–H and O–H groups in total. The number of hydrogen-bond acceptors (Lipinski definition) is 6. The molecule has 1 unspecified atom stereocenters. The van der Waals surface area contributed by atoms with E-state index in [1.54, 1.807) is 18.2 Å². The van der Waals surface area contributed by atoms with E-state index in [1.165, 1.54) is 7.11 Å². The summed E-state index contributed by atoms with van der Waals surface area (Å²) in [5.74, 6) is -1.01. The van der Waals surface area contributed by atoms with Gasteiger partial charge < -0.3 is 14.3 Å². The van der Waals surface area contributed by atoms with Crippen molar-refractivity contribution in [2.45, 2.75) is 31.3 Å². The predicted molar refractivity (Wildman–Crippen MR) is 82.1 cm³/mol. The molecule has 6 heteroatoms. The Hall–Kier alpha value is -1.92. The fraction of sp³-hybridized carbons (Fsp3) is 0.529. The van der Waals surface area contributed by atoms with Crippen LogP contribution in [0.15, 0.2) is 18.2 Å². The second-order valence-electron chi connectivity index (χ2n) is 6.07. The molecule has 0 radical (unpaired) electrons. The number of methoxy groups -OCH3 is 1. The molecule has 1 atom stereocenters. The van der Waals surface area contributed by atoms with Gasteiger partial charge in [-0.15, -0.1) is 0 Å². The smallest absolute Gasteiger partial charge is 0.322 e. The molecular formula is C17H21NO5. The quantitative estimate of drug-likeness (QED) is 0.623. The molecule has 23 heavy (non-hydrogen) atoms. The minimum atomic E-state index is -1.02. The number of hydrogen-bond donors (Lipinski definition) is 0. The van der Waals surface area contributed by atoms with Crippen LogP contribution in [0.5, 0.6) is 5.75 Å². The molecule has 1 aromatic carbocycles. The van der Waals surface area contributed by atoms with Gasteiger partial charge in [0, 0.05) is 31.5 Å². The van der Waals surface area contributed by atoms with Crippen molar-refractivity contribution in [1.29, 1.82) is 0 Å². The lowest BCUT2D eigenvalue weighted by atomic mass is 9.81. The van der Waals surface area contributed by atoms with Crippen molar-refractivity contribution in [3.05, 3.63) is 29.3 Å². The first kappa shape index (κ1) is 16.0. The maximum absolute atomic E-state index is 13.0. The van der Waals surface area contributed by atoms with Gasteiger partial charge in [-0.25, -0.2) is 0 Å². The number of piperidine rings is 1. The number of nitrogens with zero attached hydrogens (tertiary/aromatic N) is 1. The number of hydroxylamine groups is 2. The molecule has 2 fully saturated rings. The van der Waals surface area contributed by atoms with Crippen LogP contribution in [0.3, 0.4) is 0 Å². The Morgan fingerprint density at radius 1 is 1.22 bits per heavy atom. The molecule has 6 nitrogen and oxygen atoms in total. The zero-order chi connectivity index (χ0) is 16.6. The number of ether oxygens (including phenoxy) is 2. The molecule has 2 heterocycles. The molecule has 124 valence electrons. The standard InChI is InChI=1S/C17H21NO5/c1-11-4-5-13(21-2)12(10-11)14-15(19)17(23-16(14)20)6-8-18(22-3)9-7-17/h4-5,10,14H,6-9H2,1-3H3. The molecule has 0 aliphatic carbocycles. The van der Waals surface area contributed by atoms with E-state index < -0.39 is 17.5 Å². The van der Waals surface area contributed by atoms with Crippen LogP contribution < -0.4 is 4.74 Å². The number of ketones is 1. The van der Waals surface area contributed by atoms with Crippen molar-refractivity contribution in [1.82, 2.24) is 5.06 Å². The minimum absolute atomic E-state index is 0.165. The number of rotatable bonds is 3. The average Bonchev–Trinajstić information content (AvgIpc) is 2.78. The van der Waals surface area contributed by atoms with Gasteiger partial charge in [-0.05, 0) is 13.0 Å². The van der Waals surface area contributed by atoms with E-state index in [9.17, 15) is 9.59 Å². The normalized spacial score (nSPS) is 24.0. The van der Waals surface area contributed by atoms with E-state index in [4.69, 9.17) is 14.3 Å². The molecule has 2 aliphatic rings. The number of benzene rings is 1. The van der Waals surface area contributed by atoms with Gasteiger partial charge in [-0.1, -0.05) is 17.7 Å². The summed E-state index contributed by atoms with van der Waals surface area (Å²) < 4.78 is 10.9. The molecule has 0 aromatic heterocycles. The summed E-state index contributed by atoms with van der Waals surface area (Å²) in [4.78, 5) is 30.6. The average molecular weight is 319 g/mol. The van der Waals surface area contributed by atoms with E-state index in [2.05, 4.69) is 0 Å². The van der Waals surface area contributed by atoms with E-state index >= 15 is 0 Å². The second-order valence-corrected chi connectivity index (χ2v) is 6.07. The summed E-state index contributed by atoms with van der Waals surface area (Å²) >= 11 is 0. The molecule has 3 rings (SSSR count). The Morgan fingerprint density at radius 2 is 1.91 bits per heavy atom. The highest BCUT2D eigenvalue weighted by molar-refractivity contribution is 6.14. The van der Waals surface area contributed by atoms with Crippen molar-refractivity contribution >= 4 is 11.8 Å². The van der Waals surface area contributed by atoms with Crippen LogP contribution in [0.25, 0.3) is 0 Å². The third-order valence-corrected chi connectivity index (χ3v) is 4.73. The minimum Gasteiger partial charge on any atom is -0.496 e. The third-order valence-electron chi connectivity index (χ3n) is 4.73. The highest BCUT2D eigenvalue weighted by Crippen LogP contribution is 2.43. The SMILES string of the molecule is COc1ccc(C)cc1C1C(=O)OC2(CCN(OC)CC2)C1=O. The zero-order valence-corrected chi connectivity index (χ0v) is 13.6. The first-order valence-electron chi connectivity index (χ1n) is 7.71. The number of carbonyl (C=O) groups excluding carboxylic acids is 2. The monoisotopic (exact) mass is 319 g/mol. The topological polar surface area (TPSA) is 65.1 Å². The fourth-order valence-electron chi connectivity index (χ4n) is 3.40. The van der Waals surface area contributed by atoms with Crippen molar-refractivity contribution in [3.8, 4) is 5.75 Å². The lowest BCUT2D eigenvalue weighted by Crippen LogP contribution is -2.48. The van der Waals surface area contributed by atoms with E-state index in [0.717, 1.165) is 5.56 Å². The Labute approximate surface area is 135 Å². The first-order valence-corrected chi connectivity index (χ1v) is 7.71. The van der Waals surface area contributed by atoms with Crippen LogP contribution in [0, 0.1) is 6.92 Å². The van der Waals surface area contributed by atoms with Crippen LogP contribution in [0.2, 0.25) is 0 Å². The Kier molecular flexibility index (Phi) is 4.12. The number of carbonyl (C=O) groups is 2. The lowest BCUT2D eigenvalue weighted by molar-refractivity contribution is -0.184. The van der Waals surface area contributed by atoms with Crippen molar-refractivity contribution in [3.63, 3.8) is 0 Å². The lowest BCUT2D eigenvalue weighted by Gasteiger charge is -2.35. The van der Waals surface area contributed by atoms with Crippen LogP contribution in [0.1, 0.15) is 29.9 Å². The second kappa shape index (κ2) is 5.94. The Morgan fingerprint density at radius 3 is 2.52 bits per heavy atom. The summed E-state index contributed by atoms with van der Waals surface area (Å²) in [5, 5.41) is 1.77. The predicted octanol–water partition coefficient (Wildman–Crippen LogP) is 1.61. The van der Waals surface area contributed by atoms with Gasteiger partial charge >= 0.3 is 5.97 Å².